The summed E-state index contributed by atoms with van der Waals surface area (Å²) in [6, 6.07) is 3.08. The Morgan fingerprint density at radius 3 is 2.58 bits per heavy atom. The van der Waals surface area contributed by atoms with Gasteiger partial charge in [0.1, 0.15) is 23.1 Å². The molecule has 3 aromatic rings. The van der Waals surface area contributed by atoms with E-state index < -0.39 is 12.5 Å². The van der Waals surface area contributed by atoms with Gasteiger partial charge in [-0.1, -0.05) is 29.8 Å². The van der Waals surface area contributed by atoms with Crippen LogP contribution in [-0.4, -0.2) is 73.2 Å². The summed E-state index contributed by atoms with van der Waals surface area (Å²) in [6.45, 7) is 3.94. The van der Waals surface area contributed by atoms with Crippen molar-refractivity contribution < 1.29 is 27.8 Å². The van der Waals surface area contributed by atoms with Gasteiger partial charge in [0.05, 0.1) is 67.3 Å². The van der Waals surface area contributed by atoms with Crippen molar-refractivity contribution in [2.24, 2.45) is 5.92 Å². The number of allylic oxidation sites excluding steroid dienone is 1. The lowest BCUT2D eigenvalue weighted by molar-refractivity contribution is -0.115. The molecule has 2 atom stereocenters. The van der Waals surface area contributed by atoms with Crippen molar-refractivity contribution in [3.05, 3.63) is 41.0 Å². The number of hydrogen-bond acceptors (Lipinski definition) is 9. The van der Waals surface area contributed by atoms with Crippen molar-refractivity contribution >= 4 is 51.5 Å². The number of methoxy groups -OCH3 is 2. The Balaban J connectivity index is 1.60. The maximum absolute atomic E-state index is 14.3. The molecule has 2 aliphatic rings. The van der Waals surface area contributed by atoms with Crippen LogP contribution in [0.2, 0.25) is 10.0 Å². The molecule has 2 fully saturated rings. The maximum Gasteiger partial charge on any atom is 0.266 e. The van der Waals surface area contributed by atoms with E-state index >= 15 is 0 Å². The Bertz CT molecular complexity index is 1450. The topological polar surface area (TPSA) is 98.7 Å². The van der Waals surface area contributed by atoms with Gasteiger partial charge in [-0.3, -0.25) is 4.79 Å². The second-order valence-electron chi connectivity index (χ2n) is 9.69. The molecule has 0 saturated carbocycles. The van der Waals surface area contributed by atoms with Crippen LogP contribution < -0.4 is 19.7 Å². The number of nitrogens with one attached hydrogen (secondary N) is 1. The predicted octanol–water partition coefficient (Wildman–Crippen LogP) is 5.43. The maximum atomic E-state index is 14.3. The molecule has 2 saturated heterocycles. The van der Waals surface area contributed by atoms with Gasteiger partial charge in [-0.2, -0.15) is 0 Å². The molecule has 0 radical (unpaired) electrons. The number of ether oxygens (including phenoxy) is 3. The van der Waals surface area contributed by atoms with Crippen LogP contribution in [0.4, 0.5) is 20.4 Å². The van der Waals surface area contributed by atoms with Gasteiger partial charge < -0.3 is 24.4 Å². The normalized spacial score (nSPS) is 20.1. The summed E-state index contributed by atoms with van der Waals surface area (Å²) in [5, 5.41) is 4.14. The van der Waals surface area contributed by atoms with Crippen molar-refractivity contribution in [2.45, 2.75) is 24.8 Å². The third-order valence-electron chi connectivity index (χ3n) is 7.05. The van der Waals surface area contributed by atoms with Gasteiger partial charge in [0.15, 0.2) is 11.6 Å². The van der Waals surface area contributed by atoms with E-state index in [-0.39, 0.29) is 69.5 Å². The van der Waals surface area contributed by atoms with Crippen LogP contribution in [-0.2, 0) is 9.53 Å². The minimum absolute atomic E-state index is 0.0642. The largest absolute Gasteiger partial charge is 0.495 e. The Kier molecular flexibility index (Phi) is 7.98. The predicted molar refractivity (Wildman–Crippen MR) is 149 cm³/mol. The zero-order valence-corrected chi connectivity index (χ0v) is 23.4. The van der Waals surface area contributed by atoms with E-state index in [9.17, 15) is 13.6 Å². The van der Waals surface area contributed by atoms with Gasteiger partial charge in [0, 0.05) is 36.8 Å². The standard InChI is InChI=1S/C27H27Cl2F2N5O4/c1-4-15(37)7-14-11-40-12-18(14)33-21-8-16-17(10-32-21)34-25(35-26(16)36-6-5-27(30,31)13-36)22-23(28)19(38-2)9-20(39-3)24(22)29/h4,8-10,14,18H,1,5-7,11-13H2,2-3H3,(H,32,33)/t14-,18+/m0/s1. The van der Waals surface area contributed by atoms with E-state index in [4.69, 9.17) is 42.4 Å². The Hall–Kier alpha value is -3.28. The molecule has 2 aromatic heterocycles. The van der Waals surface area contributed by atoms with Crippen LogP contribution in [0, 0.1) is 5.92 Å². The zero-order chi connectivity index (χ0) is 28.6. The average Bonchev–Trinajstić information content (AvgIpc) is 3.53. The van der Waals surface area contributed by atoms with Gasteiger partial charge in [0.25, 0.3) is 5.92 Å². The van der Waals surface area contributed by atoms with Gasteiger partial charge >= 0.3 is 0 Å². The second kappa shape index (κ2) is 11.3. The monoisotopic (exact) mass is 593 g/mol. The van der Waals surface area contributed by atoms with E-state index in [1.807, 2.05) is 0 Å². The van der Waals surface area contributed by atoms with Crippen molar-refractivity contribution in [1.82, 2.24) is 15.0 Å². The first kappa shape index (κ1) is 28.3. The lowest BCUT2D eigenvalue weighted by Crippen LogP contribution is -2.29. The number of fused-ring (bicyclic) bond motifs is 1. The Labute approximate surface area is 239 Å². The second-order valence-corrected chi connectivity index (χ2v) is 10.4. The minimum Gasteiger partial charge on any atom is -0.495 e. The summed E-state index contributed by atoms with van der Waals surface area (Å²) in [5.41, 5.74) is 0.643. The van der Waals surface area contributed by atoms with Gasteiger partial charge in [-0.15, -0.1) is 0 Å². The third kappa shape index (κ3) is 5.50. The van der Waals surface area contributed by atoms with Crippen LogP contribution in [0.15, 0.2) is 31.0 Å². The van der Waals surface area contributed by atoms with Crippen LogP contribution >= 0.6 is 23.2 Å². The first-order chi connectivity index (χ1) is 19.1. The Morgan fingerprint density at radius 1 is 1.23 bits per heavy atom. The van der Waals surface area contributed by atoms with Gasteiger partial charge in [0.2, 0.25) is 0 Å². The molecule has 0 spiro atoms. The van der Waals surface area contributed by atoms with Crippen molar-refractivity contribution in [2.75, 3.05) is 50.7 Å². The number of nitrogens with zero attached hydrogens (tertiary/aromatic N) is 4. The molecule has 0 amide bonds. The van der Waals surface area contributed by atoms with Crippen molar-refractivity contribution in [1.29, 1.82) is 0 Å². The minimum atomic E-state index is -2.87. The molecular weight excluding hydrogens is 567 g/mol. The van der Waals surface area contributed by atoms with Crippen LogP contribution in [0.1, 0.15) is 12.8 Å². The van der Waals surface area contributed by atoms with Crippen LogP contribution in [0.3, 0.4) is 0 Å². The molecule has 9 nitrogen and oxygen atoms in total. The van der Waals surface area contributed by atoms with Crippen molar-refractivity contribution in [3.63, 3.8) is 0 Å². The van der Waals surface area contributed by atoms with Gasteiger partial charge in [-0.05, 0) is 12.1 Å². The van der Waals surface area contributed by atoms with E-state index in [1.165, 1.54) is 31.4 Å². The third-order valence-corrected chi connectivity index (χ3v) is 7.80. The molecule has 13 heteroatoms. The molecule has 4 heterocycles. The molecule has 0 aliphatic carbocycles. The molecule has 1 aromatic carbocycles. The number of carbonyl (C=O) groups excluding carboxylic acids is 1. The summed E-state index contributed by atoms with van der Waals surface area (Å²) in [6.07, 6.45) is 2.81. The molecule has 40 heavy (non-hydrogen) atoms. The zero-order valence-electron chi connectivity index (χ0n) is 21.8. The van der Waals surface area contributed by atoms with Crippen LogP contribution in [0.25, 0.3) is 22.3 Å². The quantitative estimate of drug-likeness (QED) is 0.325. The van der Waals surface area contributed by atoms with Gasteiger partial charge in [-0.25, -0.2) is 23.7 Å². The highest BCUT2D eigenvalue weighted by Crippen LogP contribution is 2.46. The SMILES string of the molecule is C=CC(=O)C[C@H]1COC[C@H]1Nc1cc2c(N3CCC(F)(F)C3)nc(-c3c(Cl)c(OC)cc(OC)c3Cl)nc2cn1. The molecule has 2 aliphatic heterocycles. The molecule has 0 bridgehead atoms. The number of benzene rings is 1. The molecule has 0 unspecified atom stereocenters. The molecular formula is C27H27Cl2F2N5O4. The van der Waals surface area contributed by atoms with E-state index in [1.54, 1.807) is 12.1 Å². The highest BCUT2D eigenvalue weighted by Gasteiger charge is 2.40. The molecule has 1 N–H and O–H groups in total. The fourth-order valence-electron chi connectivity index (χ4n) is 4.94. The first-order valence-electron chi connectivity index (χ1n) is 12.5. The summed E-state index contributed by atoms with van der Waals surface area (Å²) < 4.78 is 45.0. The van der Waals surface area contributed by atoms with Crippen LogP contribution in [0.5, 0.6) is 11.5 Å². The number of pyridine rings is 1. The number of ketones is 1. The number of alkyl halides is 2. The number of anilines is 2. The number of rotatable bonds is 9. The van der Waals surface area contributed by atoms with E-state index in [0.717, 1.165) is 0 Å². The summed E-state index contributed by atoms with van der Waals surface area (Å²) in [4.78, 5) is 27.3. The molecule has 5 rings (SSSR count). The Morgan fingerprint density at radius 2 is 1.95 bits per heavy atom. The van der Waals surface area contributed by atoms with E-state index in [0.29, 0.717) is 36.4 Å². The van der Waals surface area contributed by atoms with Crippen molar-refractivity contribution in [3.8, 4) is 22.9 Å². The van der Waals surface area contributed by atoms with E-state index in [2.05, 4.69) is 21.9 Å². The number of halogens is 4. The summed E-state index contributed by atoms with van der Waals surface area (Å²) in [5.74, 6) is -1.55. The number of carbonyl (C=O) groups is 1. The molecule has 212 valence electrons. The first-order valence-corrected chi connectivity index (χ1v) is 13.3. The number of hydrogen-bond donors (Lipinski definition) is 1. The number of aromatic nitrogens is 3. The highest BCUT2D eigenvalue weighted by atomic mass is 35.5. The average molecular weight is 594 g/mol. The summed E-state index contributed by atoms with van der Waals surface area (Å²) in [7, 11) is 2.89. The fourth-order valence-corrected chi connectivity index (χ4v) is 5.61. The lowest BCUT2D eigenvalue weighted by Gasteiger charge is -2.22. The smallest absolute Gasteiger partial charge is 0.266 e. The lowest BCUT2D eigenvalue weighted by atomic mass is 9.97. The fraction of sp³-hybridized carbons (Fsp3) is 0.407. The highest BCUT2D eigenvalue weighted by molar-refractivity contribution is 6.41. The summed E-state index contributed by atoms with van der Waals surface area (Å²) >= 11 is 13.2.